The maximum absolute atomic E-state index is 8.63. The van der Waals surface area contributed by atoms with Crippen LogP contribution in [0.2, 0.25) is 0 Å². The van der Waals surface area contributed by atoms with E-state index in [1.54, 1.807) is 0 Å². The number of hydrogen-bond acceptors (Lipinski definition) is 4. The van der Waals surface area contributed by atoms with E-state index >= 15 is 0 Å². The number of fused-ring (bicyclic) bond motifs is 1. The second-order valence-electron chi connectivity index (χ2n) is 6.10. The molecular weight excluding hydrogens is 274 g/mol. The first-order chi connectivity index (χ1) is 9.42. The van der Waals surface area contributed by atoms with Crippen molar-refractivity contribution in [1.29, 1.82) is 5.39 Å². The summed E-state index contributed by atoms with van der Waals surface area (Å²) < 4.78 is 7.65. The fourth-order valence-corrected chi connectivity index (χ4v) is 3.02. The highest BCUT2D eigenvalue weighted by molar-refractivity contribution is 8.32. The highest BCUT2D eigenvalue weighted by Crippen LogP contribution is 2.34. The van der Waals surface area contributed by atoms with Gasteiger partial charge in [0, 0.05) is 11.4 Å². The zero-order chi connectivity index (χ0) is 14.8. The fourth-order valence-electron chi connectivity index (χ4n) is 2.40. The molecule has 20 heavy (non-hydrogen) atoms. The molecule has 0 amide bonds. The van der Waals surface area contributed by atoms with Gasteiger partial charge >= 0.3 is 5.08 Å². The van der Waals surface area contributed by atoms with E-state index in [4.69, 9.17) is 10.1 Å². The highest BCUT2D eigenvalue weighted by atomic mass is 32.3. The number of rotatable bonds is 6. The normalized spacial score (nSPS) is 18.6. The van der Waals surface area contributed by atoms with Crippen LogP contribution >= 0.6 is 10.0 Å². The fraction of sp³-hybridized carbons (Fsp3) is 0.769. The van der Waals surface area contributed by atoms with Crippen LogP contribution in [0, 0.1) is 12.3 Å². The first kappa shape index (κ1) is 15.1. The maximum atomic E-state index is 8.63. The van der Waals surface area contributed by atoms with Crippen molar-refractivity contribution in [3.05, 3.63) is 22.0 Å². The Morgan fingerprint density at radius 2 is 2.25 bits per heavy atom. The second kappa shape index (κ2) is 6.02. The average Bonchev–Trinajstić information content (AvgIpc) is 2.87. The van der Waals surface area contributed by atoms with Crippen LogP contribution in [0.5, 0.6) is 0 Å². The largest absolute Gasteiger partial charge is 0.358 e. The minimum Gasteiger partial charge on any atom is -0.358 e. The molecule has 6 nitrogen and oxygen atoms in total. The summed E-state index contributed by atoms with van der Waals surface area (Å²) in [5.74, 6) is 1.11. The molecule has 1 aromatic heterocycles. The van der Waals surface area contributed by atoms with Crippen molar-refractivity contribution in [2.24, 2.45) is 0 Å². The van der Waals surface area contributed by atoms with Crippen LogP contribution in [0.25, 0.3) is 5.08 Å². The summed E-state index contributed by atoms with van der Waals surface area (Å²) in [6, 6.07) is 0.0222. The lowest BCUT2D eigenvalue weighted by molar-refractivity contribution is 0.0788. The minimum atomic E-state index is -0.506. The standard InChI is InChI=1S/C13H24N5OS/c1-10-11-5-6-12(15-17-14)13(11)16-18(10)9-19-7-8-20(2,3)4/h12,15H,5-9H2,1-4H3/q+1/t12-/m1/s1. The summed E-state index contributed by atoms with van der Waals surface area (Å²) in [5, 5.41) is 16.3. The molecule has 0 spiro atoms. The molecule has 1 N–H and O–H groups in total. The lowest BCUT2D eigenvalue weighted by Crippen LogP contribution is -2.14. The molecule has 2 rings (SSSR count). The van der Waals surface area contributed by atoms with Gasteiger partial charge in [-0.25, -0.2) is 14.7 Å². The van der Waals surface area contributed by atoms with Crippen molar-refractivity contribution in [3.63, 3.8) is 0 Å². The van der Waals surface area contributed by atoms with Crippen molar-refractivity contribution >= 4 is 10.0 Å². The molecule has 1 aliphatic carbocycles. The van der Waals surface area contributed by atoms with Gasteiger partial charge in [-0.1, -0.05) is 0 Å². The molecular formula is C13H24N5OS+. The van der Waals surface area contributed by atoms with E-state index in [-0.39, 0.29) is 6.04 Å². The van der Waals surface area contributed by atoms with Crippen LogP contribution < -0.4 is 5.43 Å². The van der Waals surface area contributed by atoms with E-state index in [1.807, 2.05) is 4.68 Å². The summed E-state index contributed by atoms with van der Waals surface area (Å²) in [4.78, 5) is 0. The van der Waals surface area contributed by atoms with Crippen molar-refractivity contribution < 1.29 is 4.74 Å². The Morgan fingerprint density at radius 3 is 2.90 bits per heavy atom. The summed E-state index contributed by atoms with van der Waals surface area (Å²) >= 11 is 0. The number of diazo groups is 1. The third-order valence-electron chi connectivity index (χ3n) is 3.64. The third-order valence-corrected chi connectivity index (χ3v) is 5.03. The van der Waals surface area contributed by atoms with Crippen molar-refractivity contribution in [3.8, 4) is 0 Å². The molecule has 0 saturated carbocycles. The second-order valence-corrected chi connectivity index (χ2v) is 10.7. The highest BCUT2D eigenvalue weighted by Gasteiger charge is 2.31. The predicted molar refractivity (Wildman–Crippen MR) is 82.4 cm³/mol. The van der Waals surface area contributed by atoms with Gasteiger partial charge in [-0.15, -0.1) is 0 Å². The summed E-state index contributed by atoms with van der Waals surface area (Å²) in [6.45, 7) is 3.34. The molecule has 0 fully saturated rings. The minimum absolute atomic E-state index is 0.0222. The lowest BCUT2D eigenvalue weighted by atomic mass is 10.2. The lowest BCUT2D eigenvalue weighted by Gasteiger charge is -2.24. The van der Waals surface area contributed by atoms with Crippen LogP contribution in [0.1, 0.15) is 29.4 Å². The quantitative estimate of drug-likeness (QED) is 0.497. The first-order valence-corrected chi connectivity index (χ1v) is 9.84. The SMILES string of the molecule is Cc1c2c(nn1COCCS(C)(C)C)[C@H](N[N+]#N)CC2. The summed E-state index contributed by atoms with van der Waals surface area (Å²) in [5.41, 5.74) is 6.10. The summed E-state index contributed by atoms with van der Waals surface area (Å²) in [7, 11) is -0.506. The van der Waals surface area contributed by atoms with E-state index in [2.05, 4.69) is 41.3 Å². The maximum Gasteiger partial charge on any atom is 0.303 e. The molecule has 0 bridgehead atoms. The van der Waals surface area contributed by atoms with Gasteiger partial charge in [0.15, 0.2) is 0 Å². The third kappa shape index (κ3) is 3.44. The Hall–Kier alpha value is -1.26. The van der Waals surface area contributed by atoms with Crippen LogP contribution in [0.3, 0.4) is 0 Å². The molecule has 0 aromatic carbocycles. The van der Waals surface area contributed by atoms with E-state index < -0.39 is 10.0 Å². The molecule has 0 unspecified atom stereocenters. The van der Waals surface area contributed by atoms with Crippen LogP contribution in [-0.4, -0.2) is 40.9 Å². The van der Waals surface area contributed by atoms with Gasteiger partial charge in [-0.3, -0.25) is 0 Å². The first-order valence-electron chi connectivity index (χ1n) is 6.82. The Morgan fingerprint density at radius 1 is 1.50 bits per heavy atom. The van der Waals surface area contributed by atoms with Crippen molar-refractivity contribution in [1.82, 2.24) is 15.2 Å². The van der Waals surface area contributed by atoms with Crippen LogP contribution in [-0.2, 0) is 17.9 Å². The van der Waals surface area contributed by atoms with E-state index in [9.17, 15) is 0 Å². The topological polar surface area (TPSA) is 67.2 Å². The average molecular weight is 298 g/mol. The van der Waals surface area contributed by atoms with Gasteiger partial charge in [0.2, 0.25) is 0 Å². The Kier molecular flexibility index (Phi) is 4.55. The van der Waals surface area contributed by atoms with Crippen LogP contribution in [0.15, 0.2) is 0 Å². The zero-order valence-electron chi connectivity index (χ0n) is 12.7. The Bertz CT molecular complexity index is 514. The van der Waals surface area contributed by atoms with Gasteiger partial charge in [0.25, 0.3) is 5.39 Å². The van der Waals surface area contributed by atoms with Gasteiger partial charge in [0.1, 0.15) is 12.8 Å². The van der Waals surface area contributed by atoms with Crippen molar-refractivity contribution in [2.45, 2.75) is 32.5 Å². The predicted octanol–water partition coefficient (Wildman–Crippen LogP) is 2.20. The van der Waals surface area contributed by atoms with Crippen molar-refractivity contribution in [2.75, 3.05) is 31.1 Å². The molecule has 1 aromatic rings. The number of aromatic nitrogens is 2. The molecule has 1 heterocycles. The van der Waals surface area contributed by atoms with Gasteiger partial charge in [-0.05, 0) is 49.5 Å². The van der Waals surface area contributed by atoms with E-state index in [0.717, 1.165) is 36.6 Å². The molecule has 1 atom stereocenters. The number of nitrogens with zero attached hydrogens (tertiary/aromatic N) is 4. The molecule has 112 valence electrons. The van der Waals surface area contributed by atoms with Gasteiger partial charge < -0.3 is 4.74 Å². The molecule has 7 heteroatoms. The number of nitrogens with one attached hydrogen (secondary N) is 1. The smallest absolute Gasteiger partial charge is 0.303 e. The molecule has 0 saturated heterocycles. The van der Waals surface area contributed by atoms with Gasteiger partial charge in [-0.2, -0.15) is 5.10 Å². The van der Waals surface area contributed by atoms with E-state index in [0.29, 0.717) is 6.73 Å². The number of ether oxygens (including phenoxy) is 1. The molecule has 0 aliphatic heterocycles. The monoisotopic (exact) mass is 298 g/mol. The molecule has 0 radical (unpaired) electrons. The van der Waals surface area contributed by atoms with E-state index in [1.165, 1.54) is 5.56 Å². The molecule has 1 aliphatic rings. The Balaban J connectivity index is 1.94. The number of hydrogen-bond donors (Lipinski definition) is 1. The zero-order valence-corrected chi connectivity index (χ0v) is 13.5. The summed E-state index contributed by atoms with van der Waals surface area (Å²) in [6.07, 6.45) is 8.77. The Labute approximate surface area is 121 Å². The van der Waals surface area contributed by atoms with Gasteiger partial charge in [0.05, 0.1) is 12.3 Å². The van der Waals surface area contributed by atoms with Crippen LogP contribution in [0.4, 0.5) is 0 Å².